The minimum Gasteiger partial charge on any atom is -0.422 e. The van der Waals surface area contributed by atoms with Gasteiger partial charge < -0.3 is 10.1 Å². The van der Waals surface area contributed by atoms with Gasteiger partial charge in [0.15, 0.2) is 0 Å². The molecule has 1 aromatic heterocycles. The molecular weight excluding hydrogens is 638 g/mol. The Kier molecular flexibility index (Phi) is 9.23. The molecule has 4 aromatic carbocycles. The number of hydrogen-bond acceptors (Lipinski definition) is 6. The van der Waals surface area contributed by atoms with Crippen LogP contribution in [0.25, 0.3) is 16.2 Å². The largest absolute Gasteiger partial charge is 0.422 e. The fraction of sp³-hybridized carbons (Fsp3) is 0. The second kappa shape index (κ2) is 13.4. The summed E-state index contributed by atoms with van der Waals surface area (Å²) in [5.41, 5.74) is 4.71. The van der Waals surface area contributed by atoms with Crippen molar-refractivity contribution in [3.63, 3.8) is 0 Å². The van der Waals surface area contributed by atoms with Crippen LogP contribution < -0.4 is 15.5 Å². The highest BCUT2D eigenvalue weighted by Gasteiger charge is 2.20. The number of benzene rings is 4. The molecule has 7 nitrogen and oxygen atoms in total. The van der Waals surface area contributed by atoms with Crippen LogP contribution in [0, 0.1) is 0 Å². The predicted molar refractivity (Wildman–Crippen MR) is 172 cm³/mol. The summed E-state index contributed by atoms with van der Waals surface area (Å²) in [7, 11) is 0. The number of amides is 2. The minimum absolute atomic E-state index is 0.246. The van der Waals surface area contributed by atoms with Crippen molar-refractivity contribution in [3.05, 3.63) is 134 Å². The first kappa shape index (κ1) is 28.9. The summed E-state index contributed by atoms with van der Waals surface area (Å²) in [6.07, 6.45) is 4.53. The number of ether oxygens (including phenoxy) is 1. The number of halogens is 2. The van der Waals surface area contributed by atoms with E-state index in [1.54, 1.807) is 48.5 Å². The summed E-state index contributed by atoms with van der Waals surface area (Å²) in [6, 6.07) is 28.4. The molecule has 0 saturated heterocycles. The Morgan fingerprint density at radius 2 is 1.64 bits per heavy atom. The zero-order valence-electron chi connectivity index (χ0n) is 21.7. The van der Waals surface area contributed by atoms with Crippen molar-refractivity contribution in [2.45, 2.75) is 0 Å². The van der Waals surface area contributed by atoms with Gasteiger partial charge in [0.1, 0.15) is 10.6 Å². The van der Waals surface area contributed by atoms with Crippen LogP contribution in [-0.4, -0.2) is 24.0 Å². The number of carbonyl (C=O) groups excluding carboxylic acids is 3. The number of anilines is 1. The van der Waals surface area contributed by atoms with E-state index in [1.165, 1.54) is 23.6 Å². The smallest absolute Gasteiger partial charge is 0.355 e. The van der Waals surface area contributed by atoms with Gasteiger partial charge in [0.05, 0.1) is 11.2 Å². The van der Waals surface area contributed by atoms with E-state index in [0.717, 1.165) is 20.1 Å². The molecule has 2 N–H and O–H groups in total. The lowest BCUT2D eigenvalue weighted by Gasteiger charge is -2.08. The van der Waals surface area contributed by atoms with Crippen molar-refractivity contribution < 1.29 is 19.1 Å². The molecule has 0 unspecified atom stereocenters. The second-order valence-corrected chi connectivity index (χ2v) is 11.2. The monoisotopic (exact) mass is 657 g/mol. The summed E-state index contributed by atoms with van der Waals surface area (Å²) in [5, 5.41) is 7.92. The molecule has 0 aliphatic carbocycles. The Labute approximate surface area is 258 Å². The highest BCUT2D eigenvalue weighted by Crippen LogP contribution is 2.36. The highest BCUT2D eigenvalue weighted by molar-refractivity contribution is 9.10. The van der Waals surface area contributed by atoms with Crippen LogP contribution in [0.15, 0.2) is 113 Å². The SMILES string of the molecule is O=C(/C=C/c1ccccc1)Nc1ccc(C(=O)N/N=C\c2cc(Br)ccc2OC(=O)c2sc3ccccc3c2Cl)cc1. The van der Waals surface area contributed by atoms with Crippen molar-refractivity contribution in [2.24, 2.45) is 5.10 Å². The molecule has 42 heavy (non-hydrogen) atoms. The molecular formula is C32H21BrClN3O4S. The first-order chi connectivity index (χ1) is 20.4. The molecule has 1 heterocycles. The lowest BCUT2D eigenvalue weighted by Crippen LogP contribution is -2.18. The van der Waals surface area contributed by atoms with Crippen LogP contribution in [0.4, 0.5) is 5.69 Å². The van der Waals surface area contributed by atoms with Gasteiger partial charge >= 0.3 is 5.97 Å². The van der Waals surface area contributed by atoms with E-state index in [9.17, 15) is 14.4 Å². The third kappa shape index (κ3) is 7.19. The van der Waals surface area contributed by atoms with Crippen molar-refractivity contribution in [1.29, 1.82) is 0 Å². The topological polar surface area (TPSA) is 96.9 Å². The number of nitrogens with one attached hydrogen (secondary N) is 2. The molecule has 5 rings (SSSR count). The molecule has 0 bridgehead atoms. The maximum atomic E-state index is 13.0. The van der Waals surface area contributed by atoms with Crippen LogP contribution in [-0.2, 0) is 4.79 Å². The number of hydrazone groups is 1. The number of hydrogen-bond donors (Lipinski definition) is 2. The molecule has 0 radical (unpaired) electrons. The first-order valence-electron chi connectivity index (χ1n) is 12.5. The number of esters is 1. The zero-order valence-corrected chi connectivity index (χ0v) is 24.9. The van der Waals surface area contributed by atoms with Crippen molar-refractivity contribution in [2.75, 3.05) is 5.32 Å². The van der Waals surface area contributed by atoms with E-state index >= 15 is 0 Å². The quantitative estimate of drug-likeness (QED) is 0.0582. The summed E-state index contributed by atoms with van der Waals surface area (Å²) >= 11 is 11.1. The summed E-state index contributed by atoms with van der Waals surface area (Å²) < 4.78 is 7.26. The van der Waals surface area contributed by atoms with Gasteiger partial charge in [0.2, 0.25) is 5.91 Å². The van der Waals surface area contributed by atoms with Crippen LogP contribution in [0.3, 0.4) is 0 Å². The molecule has 0 fully saturated rings. The van der Waals surface area contributed by atoms with E-state index < -0.39 is 11.9 Å². The zero-order chi connectivity index (χ0) is 29.5. The molecule has 0 aliphatic rings. The Hall–Kier alpha value is -4.57. The number of thiophene rings is 1. The maximum Gasteiger partial charge on any atom is 0.355 e. The van der Waals surface area contributed by atoms with Gasteiger partial charge in [-0.15, -0.1) is 11.3 Å². The number of rotatable bonds is 8. The molecule has 5 aromatic rings. The van der Waals surface area contributed by atoms with Gasteiger partial charge in [0.25, 0.3) is 5.91 Å². The third-order valence-corrected chi connectivity index (χ3v) is 8.05. The minimum atomic E-state index is -0.593. The normalized spacial score (nSPS) is 11.2. The van der Waals surface area contributed by atoms with Crippen LogP contribution in [0.2, 0.25) is 5.02 Å². The number of carbonyl (C=O) groups is 3. The Bertz CT molecular complexity index is 1840. The van der Waals surface area contributed by atoms with Gasteiger partial charge in [-0.3, -0.25) is 9.59 Å². The average molecular weight is 659 g/mol. The van der Waals surface area contributed by atoms with E-state index in [4.69, 9.17) is 16.3 Å². The second-order valence-electron chi connectivity index (χ2n) is 8.82. The standard InChI is InChI=1S/C32H21BrClN3O4S/c33-23-13-16-26(41-32(40)30-29(34)25-8-4-5-9-27(25)42-30)22(18-23)19-35-37-31(39)21-11-14-24(15-12-21)36-28(38)17-10-20-6-2-1-3-7-20/h1-19H,(H,36,38)(H,37,39)/b17-10+,35-19-. The highest BCUT2D eigenvalue weighted by atomic mass is 79.9. The van der Waals surface area contributed by atoms with Crippen LogP contribution >= 0.6 is 38.9 Å². The van der Waals surface area contributed by atoms with Gasteiger partial charge in [-0.25, -0.2) is 10.2 Å². The fourth-order valence-electron chi connectivity index (χ4n) is 3.85. The first-order valence-corrected chi connectivity index (χ1v) is 14.5. The fourth-order valence-corrected chi connectivity index (χ4v) is 5.62. The van der Waals surface area contributed by atoms with E-state index in [1.807, 2.05) is 54.6 Å². The maximum absolute atomic E-state index is 13.0. The molecule has 0 aliphatic heterocycles. The molecule has 0 atom stereocenters. The van der Waals surface area contributed by atoms with Crippen molar-refractivity contribution >= 4 is 84.7 Å². The Balaban J connectivity index is 1.21. The Morgan fingerprint density at radius 1 is 0.905 bits per heavy atom. The molecule has 2 amide bonds. The lowest BCUT2D eigenvalue weighted by molar-refractivity contribution is -0.111. The number of fused-ring (bicyclic) bond motifs is 1. The van der Waals surface area contributed by atoms with Crippen LogP contribution in [0.1, 0.15) is 31.2 Å². The van der Waals surface area contributed by atoms with Gasteiger partial charge in [-0.1, -0.05) is 76.1 Å². The van der Waals surface area contributed by atoms with Crippen molar-refractivity contribution in [3.8, 4) is 5.75 Å². The molecule has 0 saturated carbocycles. The summed E-state index contributed by atoms with van der Waals surface area (Å²) in [6.45, 7) is 0. The molecule has 208 valence electrons. The van der Waals surface area contributed by atoms with Crippen molar-refractivity contribution in [1.82, 2.24) is 5.43 Å². The third-order valence-electron chi connectivity index (χ3n) is 5.91. The average Bonchev–Trinajstić information content (AvgIpc) is 3.34. The van der Waals surface area contributed by atoms with E-state index in [0.29, 0.717) is 26.7 Å². The Morgan fingerprint density at radius 3 is 2.40 bits per heavy atom. The molecule has 0 spiro atoms. The number of nitrogens with zero attached hydrogens (tertiary/aromatic N) is 1. The van der Waals surface area contributed by atoms with Crippen LogP contribution in [0.5, 0.6) is 5.75 Å². The lowest BCUT2D eigenvalue weighted by atomic mass is 10.2. The summed E-state index contributed by atoms with van der Waals surface area (Å²) in [4.78, 5) is 38.1. The molecule has 10 heteroatoms. The van der Waals surface area contributed by atoms with Gasteiger partial charge in [0, 0.05) is 37.4 Å². The van der Waals surface area contributed by atoms with E-state index in [-0.39, 0.29) is 11.7 Å². The predicted octanol–water partition coefficient (Wildman–Crippen LogP) is 7.95. The summed E-state index contributed by atoms with van der Waals surface area (Å²) in [5.74, 6) is -1.10. The van der Waals surface area contributed by atoms with Gasteiger partial charge in [-0.05, 0) is 60.2 Å². The van der Waals surface area contributed by atoms with Gasteiger partial charge in [-0.2, -0.15) is 5.10 Å². The van der Waals surface area contributed by atoms with E-state index in [2.05, 4.69) is 31.8 Å².